The Labute approximate surface area is 199 Å². The number of aliphatic carboxylic acids is 1. The summed E-state index contributed by atoms with van der Waals surface area (Å²) >= 11 is 0. The Kier molecular flexibility index (Phi) is 6.73. The van der Waals surface area contributed by atoms with Crippen LogP contribution in [0.25, 0.3) is 11.1 Å². The number of rotatable bonds is 7. The van der Waals surface area contributed by atoms with E-state index >= 15 is 0 Å². The number of carboxylic acids is 1. The zero-order valence-corrected chi connectivity index (χ0v) is 18.7. The van der Waals surface area contributed by atoms with Gasteiger partial charge in [0.1, 0.15) is 6.61 Å². The predicted molar refractivity (Wildman–Crippen MR) is 120 cm³/mol. The summed E-state index contributed by atoms with van der Waals surface area (Å²) in [5.41, 5.74) is 2.86. The first-order valence-corrected chi connectivity index (χ1v) is 11.3. The van der Waals surface area contributed by atoms with Gasteiger partial charge in [-0.2, -0.15) is 13.2 Å². The Bertz CT molecular complexity index is 1080. The lowest BCUT2D eigenvalue weighted by molar-refractivity contribution is -0.183. The molecule has 0 spiro atoms. The molecule has 1 unspecified atom stereocenters. The maximum atomic E-state index is 13.0. The van der Waals surface area contributed by atoms with E-state index in [0.717, 1.165) is 22.3 Å². The van der Waals surface area contributed by atoms with Crippen LogP contribution in [0.15, 0.2) is 48.5 Å². The van der Waals surface area contributed by atoms with Gasteiger partial charge in [0.25, 0.3) is 0 Å². The molecule has 2 aromatic rings. The first-order valence-electron chi connectivity index (χ1n) is 11.3. The average molecular weight is 490 g/mol. The van der Waals surface area contributed by atoms with Crippen molar-refractivity contribution in [1.29, 1.82) is 0 Å². The lowest BCUT2D eigenvalue weighted by Crippen LogP contribution is -2.56. The van der Waals surface area contributed by atoms with E-state index in [4.69, 9.17) is 9.84 Å². The van der Waals surface area contributed by atoms with Crippen LogP contribution in [-0.2, 0) is 14.3 Å². The molecule has 1 atom stereocenters. The number of carbonyl (C=O) groups excluding carboxylic acids is 2. The highest BCUT2D eigenvalue weighted by atomic mass is 19.4. The lowest BCUT2D eigenvalue weighted by Gasteiger charge is -2.30. The van der Waals surface area contributed by atoms with Gasteiger partial charge in [-0.25, -0.2) is 9.59 Å². The largest absolute Gasteiger partial charge is 0.479 e. The van der Waals surface area contributed by atoms with Crippen LogP contribution >= 0.6 is 0 Å². The highest BCUT2D eigenvalue weighted by Crippen LogP contribution is 2.44. The van der Waals surface area contributed by atoms with Crippen LogP contribution in [0.5, 0.6) is 0 Å². The maximum Gasteiger partial charge on any atom is 0.419 e. The van der Waals surface area contributed by atoms with Crippen molar-refractivity contribution in [3.05, 3.63) is 59.7 Å². The molecule has 7 nitrogen and oxygen atoms in total. The van der Waals surface area contributed by atoms with Gasteiger partial charge in [-0.1, -0.05) is 61.4 Å². The number of hydrogen-bond acceptors (Lipinski definition) is 4. The second kappa shape index (κ2) is 9.59. The van der Waals surface area contributed by atoms with Crippen molar-refractivity contribution >= 4 is 18.0 Å². The smallest absolute Gasteiger partial charge is 0.419 e. The van der Waals surface area contributed by atoms with E-state index in [1.54, 1.807) is 5.32 Å². The van der Waals surface area contributed by atoms with E-state index in [1.807, 2.05) is 48.5 Å². The minimum atomic E-state index is -5.14. The third-order valence-electron chi connectivity index (χ3n) is 6.81. The summed E-state index contributed by atoms with van der Waals surface area (Å²) in [6.07, 6.45) is -4.33. The van der Waals surface area contributed by atoms with Gasteiger partial charge in [0.15, 0.2) is 0 Å². The number of carbonyl (C=O) groups is 3. The third kappa shape index (κ3) is 4.96. The topological polar surface area (TPSA) is 105 Å². The van der Waals surface area contributed by atoms with Crippen LogP contribution in [-0.4, -0.2) is 48.4 Å². The summed E-state index contributed by atoms with van der Waals surface area (Å²) in [5.74, 6) is -3.40. The Hall–Kier alpha value is -3.56. The molecule has 0 aliphatic heterocycles. The number of alkyl halides is 3. The first-order chi connectivity index (χ1) is 16.6. The number of fused-ring (bicyclic) bond motifs is 3. The number of ether oxygens (including phenoxy) is 1. The molecule has 1 saturated carbocycles. The van der Waals surface area contributed by atoms with Crippen LogP contribution in [0.1, 0.15) is 42.7 Å². The van der Waals surface area contributed by atoms with E-state index in [0.29, 0.717) is 12.8 Å². The molecular weight excluding hydrogens is 465 g/mol. The molecule has 0 bridgehead atoms. The molecular formula is C25H25F3N2O5. The highest BCUT2D eigenvalue weighted by Gasteiger charge is 2.50. The van der Waals surface area contributed by atoms with Crippen molar-refractivity contribution in [3.63, 3.8) is 0 Å². The standard InChI is InChI=1S/C25H25F3N2O5/c26-25(27,28)20(21(31)32)30-22(33)24(11-5-6-12-24)14-29-23(34)35-13-19-17-9-3-1-7-15(17)16-8-2-4-10-18(16)19/h1-4,7-10,19-20H,5-6,11-14H2,(H,29,34)(H,30,33)(H,31,32). The van der Waals surface area contributed by atoms with Crippen LogP contribution in [0.4, 0.5) is 18.0 Å². The van der Waals surface area contributed by atoms with Gasteiger partial charge in [-0.3, -0.25) is 4.79 Å². The van der Waals surface area contributed by atoms with Gasteiger partial charge in [-0.15, -0.1) is 0 Å². The van der Waals surface area contributed by atoms with Crippen LogP contribution in [0.3, 0.4) is 0 Å². The maximum absolute atomic E-state index is 13.0. The fraction of sp³-hybridized carbons (Fsp3) is 0.400. The summed E-state index contributed by atoms with van der Waals surface area (Å²) in [6, 6.07) is 12.6. The summed E-state index contributed by atoms with van der Waals surface area (Å²) in [7, 11) is 0. The molecule has 2 amide bonds. The number of halogens is 3. The molecule has 186 valence electrons. The molecule has 1 fully saturated rings. The molecule has 10 heteroatoms. The van der Waals surface area contributed by atoms with Crippen LogP contribution in [0, 0.1) is 5.41 Å². The van der Waals surface area contributed by atoms with Gasteiger partial charge in [0.2, 0.25) is 11.9 Å². The SMILES string of the molecule is O=C(NCC1(C(=O)NC(C(=O)O)C(F)(F)F)CCCC1)OCC1c2ccccc2-c2ccccc21. The third-order valence-corrected chi connectivity index (χ3v) is 6.81. The number of benzene rings is 2. The monoisotopic (exact) mass is 490 g/mol. The van der Waals surface area contributed by atoms with Crippen molar-refractivity contribution in [1.82, 2.24) is 10.6 Å². The van der Waals surface area contributed by atoms with Gasteiger partial charge in [0, 0.05) is 12.5 Å². The predicted octanol–water partition coefficient (Wildman–Crippen LogP) is 4.22. The summed E-state index contributed by atoms with van der Waals surface area (Å²) in [4.78, 5) is 36.2. The second-order valence-electron chi connectivity index (χ2n) is 8.95. The van der Waals surface area contributed by atoms with E-state index in [-0.39, 0.29) is 31.9 Å². The molecule has 0 aromatic heterocycles. The number of nitrogens with one attached hydrogen (secondary N) is 2. The zero-order chi connectivity index (χ0) is 25.2. The van der Waals surface area contributed by atoms with Crippen molar-refractivity contribution in [2.24, 2.45) is 5.41 Å². The summed E-state index contributed by atoms with van der Waals surface area (Å²) in [6.45, 7) is -0.200. The number of hydrogen-bond donors (Lipinski definition) is 3. The number of amides is 2. The molecule has 35 heavy (non-hydrogen) atoms. The first kappa shape index (κ1) is 24.6. The Morgan fingerprint density at radius 2 is 1.54 bits per heavy atom. The molecule has 4 rings (SSSR count). The van der Waals surface area contributed by atoms with E-state index in [1.165, 1.54) is 0 Å². The summed E-state index contributed by atoms with van der Waals surface area (Å²) < 4.78 is 44.5. The van der Waals surface area contributed by atoms with Crippen molar-refractivity contribution < 1.29 is 37.4 Å². The quantitative estimate of drug-likeness (QED) is 0.539. The van der Waals surface area contributed by atoms with Crippen molar-refractivity contribution in [3.8, 4) is 11.1 Å². The van der Waals surface area contributed by atoms with Crippen LogP contribution in [0.2, 0.25) is 0 Å². The fourth-order valence-corrected chi connectivity index (χ4v) is 4.99. The van der Waals surface area contributed by atoms with Gasteiger partial charge in [0.05, 0.1) is 5.41 Å². The molecule has 2 aliphatic rings. The lowest BCUT2D eigenvalue weighted by atomic mass is 9.84. The molecule has 2 aromatic carbocycles. The van der Waals surface area contributed by atoms with Crippen LogP contribution < -0.4 is 10.6 Å². The normalized spacial score (nSPS) is 17.2. The Morgan fingerprint density at radius 1 is 1.00 bits per heavy atom. The fourth-order valence-electron chi connectivity index (χ4n) is 4.99. The molecule has 0 saturated heterocycles. The minimum Gasteiger partial charge on any atom is -0.479 e. The molecule has 0 heterocycles. The second-order valence-corrected chi connectivity index (χ2v) is 8.95. The van der Waals surface area contributed by atoms with Gasteiger partial charge < -0.3 is 20.5 Å². The molecule has 2 aliphatic carbocycles. The van der Waals surface area contributed by atoms with E-state index in [9.17, 15) is 27.6 Å². The minimum absolute atomic E-state index is 0.0498. The van der Waals surface area contributed by atoms with Crippen molar-refractivity contribution in [2.45, 2.75) is 43.8 Å². The number of alkyl carbamates (subject to hydrolysis) is 1. The van der Waals surface area contributed by atoms with Crippen molar-refractivity contribution in [2.75, 3.05) is 13.2 Å². The highest BCUT2D eigenvalue weighted by molar-refractivity contribution is 5.88. The number of carboxylic acid groups (broad SMARTS) is 1. The van der Waals surface area contributed by atoms with E-state index in [2.05, 4.69) is 5.32 Å². The Morgan fingerprint density at radius 3 is 2.06 bits per heavy atom. The summed E-state index contributed by atoms with van der Waals surface area (Å²) in [5, 5.41) is 13.0. The zero-order valence-electron chi connectivity index (χ0n) is 18.7. The average Bonchev–Trinajstić information content (AvgIpc) is 3.43. The Balaban J connectivity index is 1.39. The van der Waals surface area contributed by atoms with E-state index < -0.39 is 35.6 Å². The van der Waals surface area contributed by atoms with Gasteiger partial charge in [-0.05, 0) is 35.1 Å². The molecule has 0 radical (unpaired) electrons. The molecule has 3 N–H and O–H groups in total. The van der Waals surface area contributed by atoms with Gasteiger partial charge >= 0.3 is 18.2 Å².